The number of nitrogens with one attached hydrogen (secondary N) is 1. The number of nitrogens with zero attached hydrogens (tertiary/aromatic N) is 3. The standard InChI is InChI=1S/C21H25N5O2/c1-13-15(19(22)28)6-7-16(18(13)14-4-5-14)17-12-25-21-20(23-8-2-3-11-27)24-9-10-26(17)21/h6-7,9-10,12,14,27H,2-5,8,11H2,1H3,(H2,22,28)(H,23,24). The fourth-order valence-electron chi connectivity index (χ4n) is 3.80. The molecule has 0 spiro atoms. The van der Waals surface area contributed by atoms with E-state index in [0.717, 1.165) is 60.5 Å². The molecule has 0 bridgehead atoms. The Kier molecular flexibility index (Phi) is 5.00. The first-order valence-corrected chi connectivity index (χ1v) is 9.72. The Hall–Kier alpha value is -2.93. The van der Waals surface area contributed by atoms with Crippen molar-refractivity contribution < 1.29 is 9.90 Å². The van der Waals surface area contributed by atoms with E-state index in [2.05, 4.69) is 15.3 Å². The summed E-state index contributed by atoms with van der Waals surface area (Å²) in [4.78, 5) is 20.8. The molecule has 1 aliphatic carbocycles. The van der Waals surface area contributed by atoms with E-state index in [-0.39, 0.29) is 12.5 Å². The molecule has 0 atom stereocenters. The fraction of sp³-hybridized carbons (Fsp3) is 0.381. The van der Waals surface area contributed by atoms with E-state index in [4.69, 9.17) is 10.8 Å². The molecule has 1 fully saturated rings. The van der Waals surface area contributed by atoms with Gasteiger partial charge in [-0.15, -0.1) is 0 Å². The van der Waals surface area contributed by atoms with Crippen molar-refractivity contribution in [3.8, 4) is 11.3 Å². The van der Waals surface area contributed by atoms with Gasteiger partial charge in [0, 0.05) is 36.7 Å². The minimum atomic E-state index is -0.386. The van der Waals surface area contributed by atoms with Crippen LogP contribution in [0.4, 0.5) is 5.82 Å². The number of carbonyl (C=O) groups excluding carboxylic acids is 1. The highest BCUT2D eigenvalue weighted by Crippen LogP contribution is 2.46. The van der Waals surface area contributed by atoms with Crippen LogP contribution in [0.25, 0.3) is 16.9 Å². The summed E-state index contributed by atoms with van der Waals surface area (Å²) in [5.74, 6) is 0.811. The molecule has 1 aromatic carbocycles. The number of hydrogen-bond donors (Lipinski definition) is 3. The molecule has 28 heavy (non-hydrogen) atoms. The van der Waals surface area contributed by atoms with Crippen LogP contribution in [0.2, 0.25) is 0 Å². The zero-order valence-electron chi connectivity index (χ0n) is 16.0. The molecule has 1 amide bonds. The maximum Gasteiger partial charge on any atom is 0.248 e. The van der Waals surface area contributed by atoms with Crippen molar-refractivity contribution in [2.75, 3.05) is 18.5 Å². The number of carbonyl (C=O) groups is 1. The molecule has 0 radical (unpaired) electrons. The number of aromatic nitrogens is 3. The summed E-state index contributed by atoms with van der Waals surface area (Å²) in [5.41, 5.74) is 11.2. The fourth-order valence-corrected chi connectivity index (χ4v) is 3.80. The highest BCUT2D eigenvalue weighted by molar-refractivity contribution is 5.95. The summed E-state index contributed by atoms with van der Waals surface area (Å²) in [7, 11) is 0. The first-order chi connectivity index (χ1) is 13.6. The zero-order valence-corrected chi connectivity index (χ0v) is 16.0. The van der Waals surface area contributed by atoms with Crippen molar-refractivity contribution in [2.45, 2.75) is 38.5 Å². The number of anilines is 1. The van der Waals surface area contributed by atoms with Crippen LogP contribution in [-0.2, 0) is 0 Å². The highest BCUT2D eigenvalue weighted by Gasteiger charge is 2.30. The number of amides is 1. The third-order valence-corrected chi connectivity index (χ3v) is 5.35. The lowest BCUT2D eigenvalue weighted by Gasteiger charge is -2.15. The Labute approximate surface area is 163 Å². The number of benzene rings is 1. The van der Waals surface area contributed by atoms with Crippen molar-refractivity contribution in [3.05, 3.63) is 47.4 Å². The summed E-state index contributed by atoms with van der Waals surface area (Å²) in [6, 6.07) is 3.80. The summed E-state index contributed by atoms with van der Waals surface area (Å²) in [5, 5.41) is 12.2. The Morgan fingerprint density at radius 1 is 1.32 bits per heavy atom. The molecule has 2 aromatic heterocycles. The molecule has 7 nitrogen and oxygen atoms in total. The second kappa shape index (κ2) is 7.59. The molecule has 1 aliphatic rings. The van der Waals surface area contributed by atoms with Gasteiger partial charge in [-0.1, -0.05) is 6.07 Å². The smallest absolute Gasteiger partial charge is 0.248 e. The average Bonchev–Trinajstić information content (AvgIpc) is 3.42. The van der Waals surface area contributed by atoms with Gasteiger partial charge in [0.25, 0.3) is 0 Å². The maximum atomic E-state index is 11.8. The molecule has 4 N–H and O–H groups in total. The van der Waals surface area contributed by atoms with Gasteiger partial charge in [-0.3, -0.25) is 9.20 Å². The van der Waals surface area contributed by atoms with Crippen LogP contribution < -0.4 is 11.1 Å². The first kappa shape index (κ1) is 18.4. The monoisotopic (exact) mass is 379 g/mol. The summed E-state index contributed by atoms with van der Waals surface area (Å²) < 4.78 is 2.03. The van der Waals surface area contributed by atoms with Gasteiger partial charge in [-0.25, -0.2) is 9.97 Å². The summed E-state index contributed by atoms with van der Waals surface area (Å²) in [6.45, 7) is 2.91. The predicted molar refractivity (Wildman–Crippen MR) is 108 cm³/mol. The van der Waals surface area contributed by atoms with Gasteiger partial charge in [-0.2, -0.15) is 0 Å². The molecule has 146 valence electrons. The quantitative estimate of drug-likeness (QED) is 0.522. The predicted octanol–water partition coefficient (Wildman–Crippen LogP) is 2.87. The summed E-state index contributed by atoms with van der Waals surface area (Å²) >= 11 is 0. The van der Waals surface area contributed by atoms with Crippen molar-refractivity contribution in [1.29, 1.82) is 0 Å². The minimum Gasteiger partial charge on any atom is -0.396 e. The number of fused-ring (bicyclic) bond motifs is 1. The van der Waals surface area contributed by atoms with Crippen LogP contribution in [0, 0.1) is 6.92 Å². The first-order valence-electron chi connectivity index (χ1n) is 9.72. The molecular formula is C21H25N5O2. The van der Waals surface area contributed by atoms with Gasteiger partial charge in [0.05, 0.1) is 11.9 Å². The van der Waals surface area contributed by atoms with Gasteiger partial charge >= 0.3 is 0 Å². The number of hydrogen-bond acceptors (Lipinski definition) is 5. The third kappa shape index (κ3) is 3.33. The molecule has 0 unspecified atom stereocenters. The van der Waals surface area contributed by atoms with Gasteiger partial charge in [0.2, 0.25) is 5.91 Å². The molecule has 0 aliphatic heterocycles. The van der Waals surface area contributed by atoms with Crippen molar-refractivity contribution in [3.63, 3.8) is 0 Å². The van der Waals surface area contributed by atoms with Crippen LogP contribution in [0.15, 0.2) is 30.7 Å². The van der Waals surface area contributed by atoms with Gasteiger partial charge in [0.1, 0.15) is 0 Å². The second-order valence-electron chi connectivity index (χ2n) is 7.31. The van der Waals surface area contributed by atoms with E-state index in [0.29, 0.717) is 11.5 Å². The van der Waals surface area contributed by atoms with E-state index in [1.165, 1.54) is 5.56 Å². The number of unbranched alkanes of at least 4 members (excludes halogenated alkanes) is 1. The van der Waals surface area contributed by atoms with Crippen molar-refractivity contribution in [1.82, 2.24) is 14.4 Å². The molecule has 2 heterocycles. The Bertz CT molecular complexity index is 1020. The highest BCUT2D eigenvalue weighted by atomic mass is 16.2. The van der Waals surface area contributed by atoms with Crippen LogP contribution in [0.3, 0.4) is 0 Å². The van der Waals surface area contributed by atoms with Crippen molar-refractivity contribution >= 4 is 17.4 Å². The number of aliphatic hydroxyl groups excluding tert-OH is 1. The Morgan fingerprint density at radius 2 is 2.14 bits per heavy atom. The van der Waals surface area contributed by atoms with E-state index in [1.807, 2.05) is 35.9 Å². The Morgan fingerprint density at radius 3 is 2.86 bits per heavy atom. The van der Waals surface area contributed by atoms with Crippen LogP contribution in [-0.4, -0.2) is 38.5 Å². The third-order valence-electron chi connectivity index (χ3n) is 5.35. The number of primary amides is 1. The van der Waals surface area contributed by atoms with Crippen LogP contribution in [0.1, 0.15) is 53.1 Å². The lowest BCUT2D eigenvalue weighted by molar-refractivity contribution is 0.0999. The van der Waals surface area contributed by atoms with Crippen LogP contribution >= 0.6 is 0 Å². The topological polar surface area (TPSA) is 106 Å². The normalized spacial score (nSPS) is 13.8. The van der Waals surface area contributed by atoms with E-state index < -0.39 is 0 Å². The second-order valence-corrected chi connectivity index (χ2v) is 7.31. The number of nitrogens with two attached hydrogens (primary N) is 1. The van der Waals surface area contributed by atoms with E-state index in [1.54, 1.807) is 6.20 Å². The van der Waals surface area contributed by atoms with Gasteiger partial charge in [0.15, 0.2) is 11.5 Å². The molecular weight excluding hydrogens is 354 g/mol. The number of rotatable bonds is 8. The molecule has 1 saturated carbocycles. The average molecular weight is 379 g/mol. The number of aliphatic hydroxyl groups is 1. The molecule has 0 saturated heterocycles. The largest absolute Gasteiger partial charge is 0.396 e. The van der Waals surface area contributed by atoms with E-state index >= 15 is 0 Å². The molecule has 4 rings (SSSR count). The SMILES string of the molecule is Cc1c(C(N)=O)ccc(-c2cnc3c(NCCCCO)nccn23)c1C1CC1. The van der Waals surface area contributed by atoms with Gasteiger partial charge in [-0.05, 0) is 55.7 Å². The van der Waals surface area contributed by atoms with Gasteiger partial charge < -0.3 is 16.2 Å². The lowest BCUT2D eigenvalue weighted by atomic mass is 9.92. The maximum absolute atomic E-state index is 11.8. The van der Waals surface area contributed by atoms with E-state index in [9.17, 15) is 4.79 Å². The van der Waals surface area contributed by atoms with Crippen molar-refractivity contribution in [2.24, 2.45) is 5.73 Å². The molecule has 3 aromatic rings. The Balaban J connectivity index is 1.76. The minimum absolute atomic E-state index is 0.192. The van der Waals surface area contributed by atoms with Crippen LogP contribution in [0.5, 0.6) is 0 Å². The molecule has 7 heteroatoms. The number of imidazole rings is 1. The summed E-state index contributed by atoms with van der Waals surface area (Å²) in [6.07, 6.45) is 9.41. The lowest BCUT2D eigenvalue weighted by Crippen LogP contribution is -2.14. The zero-order chi connectivity index (χ0) is 19.7.